The van der Waals surface area contributed by atoms with E-state index in [0.29, 0.717) is 10.8 Å². The number of aromatic carboxylic acids is 1. The van der Waals surface area contributed by atoms with Gasteiger partial charge in [0.15, 0.2) is 6.61 Å². The van der Waals surface area contributed by atoms with E-state index in [0.717, 1.165) is 6.20 Å². The summed E-state index contributed by atoms with van der Waals surface area (Å²) in [5.41, 5.74) is 0.0420. The molecule has 2 rings (SSSR count). The second-order valence-corrected chi connectivity index (χ2v) is 4.41. The second kappa shape index (κ2) is 6.71. The van der Waals surface area contributed by atoms with E-state index in [-0.39, 0.29) is 18.0 Å². The van der Waals surface area contributed by atoms with Crippen LogP contribution < -0.4 is 10.1 Å². The predicted octanol–water partition coefficient (Wildman–Crippen LogP) is 2.45. The zero-order valence-corrected chi connectivity index (χ0v) is 11.5. The highest BCUT2D eigenvalue weighted by molar-refractivity contribution is 6.32. The molecule has 0 aliphatic heterocycles. The van der Waals surface area contributed by atoms with Gasteiger partial charge in [0.25, 0.3) is 5.91 Å². The van der Waals surface area contributed by atoms with Crippen molar-refractivity contribution in [3.63, 3.8) is 0 Å². The van der Waals surface area contributed by atoms with Gasteiger partial charge >= 0.3 is 5.97 Å². The van der Waals surface area contributed by atoms with E-state index in [1.54, 1.807) is 24.3 Å². The molecule has 1 amide bonds. The predicted molar refractivity (Wildman–Crippen MR) is 76.8 cm³/mol. The van der Waals surface area contributed by atoms with E-state index in [2.05, 4.69) is 10.3 Å². The highest BCUT2D eigenvalue weighted by atomic mass is 35.5. The van der Waals surface area contributed by atoms with Gasteiger partial charge in [-0.05, 0) is 24.3 Å². The number of carboxylic acid groups (broad SMARTS) is 1. The minimum Gasteiger partial charge on any atom is -0.482 e. The highest BCUT2D eigenvalue weighted by Crippen LogP contribution is 2.22. The Hall–Kier alpha value is -2.60. The van der Waals surface area contributed by atoms with E-state index < -0.39 is 11.9 Å². The first-order chi connectivity index (χ1) is 10.1. The highest BCUT2D eigenvalue weighted by Gasteiger charge is 2.08. The smallest absolute Gasteiger partial charge is 0.337 e. The number of pyridine rings is 1. The van der Waals surface area contributed by atoms with Crippen molar-refractivity contribution in [3.8, 4) is 5.75 Å². The number of aromatic nitrogens is 1. The molecule has 0 saturated heterocycles. The maximum atomic E-state index is 11.7. The number of nitrogens with zero attached hydrogens (tertiary/aromatic N) is 1. The summed E-state index contributed by atoms with van der Waals surface area (Å²) in [5, 5.41) is 11.6. The molecule has 2 aromatic rings. The number of anilines is 1. The third-order valence-corrected chi connectivity index (χ3v) is 2.79. The maximum absolute atomic E-state index is 11.7. The van der Waals surface area contributed by atoms with Gasteiger partial charge in [-0.1, -0.05) is 23.7 Å². The average Bonchev–Trinajstić information content (AvgIpc) is 2.47. The maximum Gasteiger partial charge on any atom is 0.337 e. The number of nitrogens with one attached hydrogen (secondary N) is 1. The molecule has 1 aromatic carbocycles. The first-order valence-electron chi connectivity index (χ1n) is 5.93. The van der Waals surface area contributed by atoms with Crippen molar-refractivity contribution >= 4 is 29.3 Å². The number of para-hydroxylation sites is 1. The molecule has 0 fully saturated rings. The van der Waals surface area contributed by atoms with Crippen molar-refractivity contribution in [2.45, 2.75) is 0 Å². The van der Waals surface area contributed by atoms with Crippen LogP contribution in [0.25, 0.3) is 0 Å². The van der Waals surface area contributed by atoms with Crippen LogP contribution in [0.1, 0.15) is 10.4 Å². The van der Waals surface area contributed by atoms with Crippen LogP contribution in [0.5, 0.6) is 5.75 Å². The third kappa shape index (κ3) is 4.19. The van der Waals surface area contributed by atoms with Gasteiger partial charge in [0.1, 0.15) is 11.6 Å². The van der Waals surface area contributed by atoms with Crippen LogP contribution >= 0.6 is 11.6 Å². The van der Waals surface area contributed by atoms with Gasteiger partial charge in [-0.25, -0.2) is 9.78 Å². The molecule has 0 radical (unpaired) electrons. The molecule has 0 saturated carbocycles. The molecule has 0 unspecified atom stereocenters. The Balaban J connectivity index is 1.90. The first-order valence-corrected chi connectivity index (χ1v) is 6.30. The SMILES string of the molecule is O=C(COc1ccccc1Cl)Nc1ccc(C(=O)O)cn1. The van der Waals surface area contributed by atoms with E-state index in [9.17, 15) is 9.59 Å². The topological polar surface area (TPSA) is 88.5 Å². The standard InChI is InChI=1S/C14H11ClN2O4/c15-10-3-1-2-4-11(10)21-8-13(18)17-12-6-5-9(7-16-12)14(19)20/h1-7H,8H2,(H,19,20)(H,16,17,18). The van der Waals surface area contributed by atoms with E-state index in [1.165, 1.54) is 12.1 Å². The molecule has 1 aromatic heterocycles. The summed E-state index contributed by atoms with van der Waals surface area (Å²) in [5.74, 6) is -0.857. The van der Waals surface area contributed by atoms with Crippen molar-refractivity contribution in [1.29, 1.82) is 0 Å². The van der Waals surface area contributed by atoms with Crippen LogP contribution in [0.4, 0.5) is 5.82 Å². The Morgan fingerprint density at radius 2 is 2.00 bits per heavy atom. The fourth-order valence-electron chi connectivity index (χ4n) is 1.48. The Bertz CT molecular complexity index is 658. The number of benzene rings is 1. The lowest BCUT2D eigenvalue weighted by atomic mass is 10.3. The van der Waals surface area contributed by atoms with Gasteiger partial charge in [0.2, 0.25) is 0 Å². The monoisotopic (exact) mass is 306 g/mol. The molecule has 2 N–H and O–H groups in total. The van der Waals surface area contributed by atoms with Crippen molar-refractivity contribution < 1.29 is 19.4 Å². The first kappa shape index (κ1) is 14.8. The Labute approximate surface area is 125 Å². The van der Waals surface area contributed by atoms with Crippen molar-refractivity contribution in [1.82, 2.24) is 4.98 Å². The minimum absolute atomic E-state index is 0.0420. The van der Waals surface area contributed by atoms with Crippen molar-refractivity contribution in [2.24, 2.45) is 0 Å². The molecule has 0 aliphatic rings. The number of carbonyl (C=O) groups is 2. The fourth-order valence-corrected chi connectivity index (χ4v) is 1.67. The number of hydrogen-bond donors (Lipinski definition) is 2. The van der Waals surface area contributed by atoms with Crippen molar-refractivity contribution in [3.05, 3.63) is 53.2 Å². The number of amides is 1. The van der Waals surface area contributed by atoms with Gasteiger partial charge in [-0.15, -0.1) is 0 Å². The van der Waals surface area contributed by atoms with E-state index in [1.807, 2.05) is 0 Å². The van der Waals surface area contributed by atoms with Crippen LogP contribution in [0.2, 0.25) is 5.02 Å². The molecule has 0 bridgehead atoms. The summed E-state index contributed by atoms with van der Waals surface area (Å²) in [6.07, 6.45) is 1.16. The van der Waals surface area contributed by atoms with Crippen molar-refractivity contribution in [2.75, 3.05) is 11.9 Å². The number of carboxylic acids is 1. The van der Waals surface area contributed by atoms with Crippen LogP contribution in [0.3, 0.4) is 0 Å². The summed E-state index contributed by atoms with van der Waals surface area (Å²) < 4.78 is 5.27. The molecule has 0 spiro atoms. The molecule has 0 atom stereocenters. The molecule has 7 heteroatoms. The summed E-state index contributed by atoms with van der Waals surface area (Å²) in [6, 6.07) is 9.54. The Morgan fingerprint density at radius 3 is 2.62 bits per heavy atom. The number of halogens is 1. The minimum atomic E-state index is -1.08. The molecular weight excluding hydrogens is 296 g/mol. The average molecular weight is 307 g/mol. The number of ether oxygens (including phenoxy) is 1. The Morgan fingerprint density at radius 1 is 1.24 bits per heavy atom. The summed E-state index contributed by atoms with van der Waals surface area (Å²) in [6.45, 7) is -0.230. The lowest BCUT2D eigenvalue weighted by Gasteiger charge is -2.08. The summed E-state index contributed by atoms with van der Waals surface area (Å²) in [4.78, 5) is 26.2. The number of carbonyl (C=O) groups excluding carboxylic acids is 1. The molecule has 108 valence electrons. The zero-order valence-electron chi connectivity index (χ0n) is 10.7. The van der Waals surface area contributed by atoms with Gasteiger partial charge in [-0.3, -0.25) is 4.79 Å². The van der Waals surface area contributed by atoms with Crippen LogP contribution in [0.15, 0.2) is 42.6 Å². The quantitative estimate of drug-likeness (QED) is 0.885. The van der Waals surface area contributed by atoms with Gasteiger partial charge in [0, 0.05) is 6.20 Å². The second-order valence-electron chi connectivity index (χ2n) is 4.00. The van der Waals surface area contributed by atoms with E-state index >= 15 is 0 Å². The van der Waals surface area contributed by atoms with Crippen LogP contribution in [-0.4, -0.2) is 28.6 Å². The third-order valence-electron chi connectivity index (χ3n) is 2.47. The zero-order chi connectivity index (χ0) is 15.2. The summed E-state index contributed by atoms with van der Waals surface area (Å²) in [7, 11) is 0. The largest absolute Gasteiger partial charge is 0.482 e. The van der Waals surface area contributed by atoms with Gasteiger partial charge in [0.05, 0.1) is 10.6 Å². The molecule has 0 aliphatic carbocycles. The van der Waals surface area contributed by atoms with E-state index in [4.69, 9.17) is 21.4 Å². The number of hydrogen-bond acceptors (Lipinski definition) is 4. The van der Waals surface area contributed by atoms with Crippen LogP contribution in [-0.2, 0) is 4.79 Å². The summed E-state index contributed by atoms with van der Waals surface area (Å²) >= 11 is 5.89. The molecule has 21 heavy (non-hydrogen) atoms. The lowest BCUT2D eigenvalue weighted by Crippen LogP contribution is -2.20. The lowest BCUT2D eigenvalue weighted by molar-refractivity contribution is -0.118. The van der Waals surface area contributed by atoms with Gasteiger partial charge in [-0.2, -0.15) is 0 Å². The normalized spacial score (nSPS) is 9.95. The van der Waals surface area contributed by atoms with Crippen LogP contribution in [0, 0.1) is 0 Å². The fraction of sp³-hybridized carbons (Fsp3) is 0.0714. The molecule has 6 nitrogen and oxygen atoms in total. The number of rotatable bonds is 5. The van der Waals surface area contributed by atoms with Gasteiger partial charge < -0.3 is 15.2 Å². The Kier molecular flexibility index (Phi) is 4.73. The molecule has 1 heterocycles. The molecular formula is C14H11ClN2O4.